The van der Waals surface area contributed by atoms with Crippen LogP contribution in [-0.2, 0) is 4.79 Å². The molecule has 3 rings (SSSR count). The molecule has 0 aliphatic rings. The number of phenolic OH excluding ortho intramolecular Hbond substituents is 2. The van der Waals surface area contributed by atoms with E-state index in [-0.39, 0.29) is 11.5 Å². The maximum Gasteiger partial charge on any atom is 0.294 e. The highest BCUT2D eigenvalue weighted by atomic mass is 16.7. The lowest BCUT2D eigenvalue weighted by molar-refractivity contribution is -0.126. The summed E-state index contributed by atoms with van der Waals surface area (Å²) in [5.74, 6) is -0.575. The van der Waals surface area contributed by atoms with Gasteiger partial charge in [0.25, 0.3) is 11.5 Å². The monoisotopic (exact) mass is 368 g/mol. The van der Waals surface area contributed by atoms with Crippen LogP contribution in [-0.4, -0.2) is 38.7 Å². The normalized spacial score (nSPS) is 11.0. The second kappa shape index (κ2) is 7.56. The zero-order chi connectivity index (χ0) is 19.4. The molecular weight excluding hydrogens is 352 g/mol. The summed E-state index contributed by atoms with van der Waals surface area (Å²) in [6.07, 6.45) is 1.21. The van der Waals surface area contributed by atoms with Gasteiger partial charge in [0.2, 0.25) is 0 Å². The van der Waals surface area contributed by atoms with Gasteiger partial charge < -0.3 is 15.1 Å². The standard InChI is InChI=1S/C18H16N4O5/c1-11-20-15-5-3-2-4-14(15)18(26)22(11)27-10-17(25)21-19-9-12-6-7-13(23)8-16(12)24/h2-9,23-24H,10H2,1H3,(H,21,25)/b19-9-. The van der Waals surface area contributed by atoms with Crippen molar-refractivity contribution in [3.05, 3.63) is 64.2 Å². The van der Waals surface area contributed by atoms with Gasteiger partial charge in [-0.05, 0) is 31.2 Å². The lowest BCUT2D eigenvalue weighted by Crippen LogP contribution is -2.35. The van der Waals surface area contributed by atoms with Gasteiger partial charge in [0.05, 0.1) is 17.1 Å². The molecule has 0 aliphatic carbocycles. The molecule has 3 aromatic rings. The summed E-state index contributed by atoms with van der Waals surface area (Å²) < 4.78 is 0.956. The van der Waals surface area contributed by atoms with Gasteiger partial charge in [-0.15, -0.1) is 4.73 Å². The largest absolute Gasteiger partial charge is 0.508 e. The molecule has 0 saturated carbocycles. The molecule has 138 valence electrons. The number of aromatic hydroxyl groups is 2. The van der Waals surface area contributed by atoms with Crippen molar-refractivity contribution in [3.8, 4) is 11.5 Å². The van der Waals surface area contributed by atoms with Gasteiger partial charge in [0.15, 0.2) is 6.61 Å². The average Bonchev–Trinajstić information content (AvgIpc) is 2.63. The highest BCUT2D eigenvalue weighted by molar-refractivity contribution is 5.85. The molecule has 9 nitrogen and oxygen atoms in total. The number of aromatic nitrogens is 2. The van der Waals surface area contributed by atoms with E-state index in [1.807, 2.05) is 0 Å². The summed E-state index contributed by atoms with van der Waals surface area (Å²) >= 11 is 0. The van der Waals surface area contributed by atoms with Crippen molar-refractivity contribution < 1.29 is 19.8 Å². The van der Waals surface area contributed by atoms with Crippen LogP contribution in [0.15, 0.2) is 52.4 Å². The third-order valence-electron chi connectivity index (χ3n) is 3.63. The highest BCUT2D eigenvalue weighted by Crippen LogP contribution is 2.20. The van der Waals surface area contributed by atoms with Crippen LogP contribution in [0, 0.1) is 6.92 Å². The van der Waals surface area contributed by atoms with Crippen molar-refractivity contribution in [2.24, 2.45) is 5.10 Å². The molecule has 0 fully saturated rings. The lowest BCUT2D eigenvalue weighted by atomic mass is 10.2. The molecule has 3 N–H and O–H groups in total. The quantitative estimate of drug-likeness (QED) is 0.449. The van der Waals surface area contributed by atoms with Crippen LogP contribution in [0.2, 0.25) is 0 Å². The Hall–Kier alpha value is -3.88. The Morgan fingerprint density at radius 1 is 1.30 bits per heavy atom. The molecule has 2 aromatic carbocycles. The zero-order valence-corrected chi connectivity index (χ0v) is 14.3. The second-order valence-corrected chi connectivity index (χ2v) is 5.59. The van der Waals surface area contributed by atoms with Crippen molar-refractivity contribution in [3.63, 3.8) is 0 Å². The van der Waals surface area contributed by atoms with E-state index in [2.05, 4.69) is 15.5 Å². The van der Waals surface area contributed by atoms with Gasteiger partial charge in [-0.25, -0.2) is 10.4 Å². The Bertz CT molecular complexity index is 1090. The first-order valence-electron chi connectivity index (χ1n) is 7.91. The van der Waals surface area contributed by atoms with Gasteiger partial charge in [-0.1, -0.05) is 12.1 Å². The summed E-state index contributed by atoms with van der Waals surface area (Å²) in [6.45, 7) is 1.14. The Balaban J connectivity index is 1.65. The second-order valence-electron chi connectivity index (χ2n) is 5.59. The van der Waals surface area contributed by atoms with E-state index in [4.69, 9.17) is 4.84 Å². The molecule has 0 aliphatic heterocycles. The number of hydrogen-bond acceptors (Lipinski definition) is 7. The number of nitrogens with one attached hydrogen (secondary N) is 1. The molecule has 1 aromatic heterocycles. The summed E-state index contributed by atoms with van der Waals surface area (Å²) in [5.41, 5.74) is 2.65. The molecule has 0 radical (unpaired) electrons. The van der Waals surface area contributed by atoms with Crippen LogP contribution < -0.4 is 15.8 Å². The Kier molecular flexibility index (Phi) is 5.02. The van der Waals surface area contributed by atoms with E-state index < -0.39 is 18.1 Å². The first kappa shape index (κ1) is 17.9. The van der Waals surface area contributed by atoms with E-state index >= 15 is 0 Å². The van der Waals surface area contributed by atoms with Gasteiger partial charge in [-0.2, -0.15) is 5.10 Å². The smallest absolute Gasteiger partial charge is 0.294 e. The molecule has 0 bridgehead atoms. The Morgan fingerprint density at radius 3 is 2.85 bits per heavy atom. The third-order valence-corrected chi connectivity index (χ3v) is 3.63. The number of phenols is 2. The van der Waals surface area contributed by atoms with E-state index in [1.165, 1.54) is 18.3 Å². The number of hydrazone groups is 1. The number of benzene rings is 2. The molecule has 0 atom stereocenters. The summed E-state index contributed by atoms with van der Waals surface area (Å²) in [4.78, 5) is 33.8. The molecule has 0 unspecified atom stereocenters. The minimum absolute atomic E-state index is 0.0908. The van der Waals surface area contributed by atoms with Crippen LogP contribution in [0.25, 0.3) is 10.9 Å². The van der Waals surface area contributed by atoms with Crippen molar-refractivity contribution in [1.82, 2.24) is 15.1 Å². The topological polar surface area (TPSA) is 126 Å². The number of para-hydroxylation sites is 1. The number of carbonyl (C=O) groups excluding carboxylic acids is 1. The maximum absolute atomic E-state index is 12.4. The number of rotatable bonds is 5. The molecule has 1 heterocycles. The Labute approximate surface area is 153 Å². The highest BCUT2D eigenvalue weighted by Gasteiger charge is 2.10. The summed E-state index contributed by atoms with van der Waals surface area (Å²) in [5, 5.41) is 22.9. The van der Waals surface area contributed by atoms with E-state index in [0.29, 0.717) is 22.3 Å². The number of carbonyl (C=O) groups is 1. The maximum atomic E-state index is 12.4. The van der Waals surface area contributed by atoms with Crippen LogP contribution in [0.5, 0.6) is 11.5 Å². The van der Waals surface area contributed by atoms with Crippen molar-refractivity contribution in [1.29, 1.82) is 0 Å². The molecule has 9 heteroatoms. The fourth-order valence-electron chi connectivity index (χ4n) is 2.35. The first-order valence-corrected chi connectivity index (χ1v) is 7.91. The van der Waals surface area contributed by atoms with Gasteiger partial charge in [0, 0.05) is 11.6 Å². The van der Waals surface area contributed by atoms with Gasteiger partial charge >= 0.3 is 0 Å². The number of hydrogen-bond donors (Lipinski definition) is 3. The van der Waals surface area contributed by atoms with Crippen LogP contribution in [0.3, 0.4) is 0 Å². The minimum Gasteiger partial charge on any atom is -0.508 e. The molecule has 27 heavy (non-hydrogen) atoms. The fourth-order valence-corrected chi connectivity index (χ4v) is 2.35. The van der Waals surface area contributed by atoms with Crippen molar-refractivity contribution in [2.45, 2.75) is 6.92 Å². The molecular formula is C18H16N4O5. The molecule has 0 spiro atoms. The SMILES string of the molecule is Cc1nc2ccccc2c(=O)n1OCC(=O)N/N=C\c1ccc(O)cc1O. The van der Waals surface area contributed by atoms with Crippen molar-refractivity contribution >= 4 is 23.0 Å². The summed E-state index contributed by atoms with van der Waals surface area (Å²) in [7, 11) is 0. The Morgan fingerprint density at radius 2 is 2.07 bits per heavy atom. The number of nitrogens with zero attached hydrogens (tertiary/aromatic N) is 3. The van der Waals surface area contributed by atoms with Gasteiger partial charge in [0.1, 0.15) is 17.3 Å². The zero-order valence-electron chi connectivity index (χ0n) is 14.3. The molecule has 0 saturated heterocycles. The minimum atomic E-state index is -0.607. The number of fused-ring (bicyclic) bond motifs is 1. The lowest BCUT2D eigenvalue weighted by Gasteiger charge is -2.11. The third kappa shape index (κ3) is 4.03. The number of aryl methyl sites for hydroxylation is 1. The fraction of sp³-hybridized carbons (Fsp3) is 0.111. The van der Waals surface area contributed by atoms with Crippen LogP contribution >= 0.6 is 0 Å². The molecule has 1 amide bonds. The number of amides is 1. The first-order chi connectivity index (χ1) is 13.0. The van der Waals surface area contributed by atoms with E-state index in [1.54, 1.807) is 31.2 Å². The van der Waals surface area contributed by atoms with Crippen molar-refractivity contribution in [2.75, 3.05) is 6.61 Å². The summed E-state index contributed by atoms with van der Waals surface area (Å²) in [6, 6.07) is 10.8. The van der Waals surface area contributed by atoms with Crippen LogP contribution in [0.4, 0.5) is 0 Å². The predicted molar refractivity (Wildman–Crippen MR) is 97.7 cm³/mol. The average molecular weight is 368 g/mol. The van der Waals surface area contributed by atoms with E-state index in [0.717, 1.165) is 10.8 Å². The van der Waals surface area contributed by atoms with Crippen LogP contribution in [0.1, 0.15) is 11.4 Å². The van der Waals surface area contributed by atoms with Gasteiger partial charge in [-0.3, -0.25) is 9.59 Å². The van der Waals surface area contributed by atoms with E-state index in [9.17, 15) is 19.8 Å². The predicted octanol–water partition coefficient (Wildman–Crippen LogP) is 0.695.